The van der Waals surface area contributed by atoms with Gasteiger partial charge in [0.2, 0.25) is 0 Å². The third-order valence-electron chi connectivity index (χ3n) is 5.57. The van der Waals surface area contributed by atoms with E-state index in [0.717, 1.165) is 27.2 Å². The van der Waals surface area contributed by atoms with Crippen LogP contribution in [0.3, 0.4) is 0 Å². The average Bonchev–Trinajstić information content (AvgIpc) is 2.97. The number of aryl methyl sites for hydroxylation is 1. The Bertz CT molecular complexity index is 967. The molecule has 1 aliphatic carbocycles. The molecule has 2 aromatic carbocycles. The molecular formula is C22H24N2O4. The number of benzene rings is 2. The number of fused-ring (bicyclic) bond motifs is 1. The highest BCUT2D eigenvalue weighted by molar-refractivity contribution is 6.06. The summed E-state index contributed by atoms with van der Waals surface area (Å²) in [7, 11) is 2.77. The van der Waals surface area contributed by atoms with Crippen LogP contribution in [0.15, 0.2) is 36.4 Å². The van der Waals surface area contributed by atoms with Gasteiger partial charge in [-0.15, -0.1) is 0 Å². The van der Waals surface area contributed by atoms with Crippen molar-refractivity contribution in [3.05, 3.63) is 69.8 Å². The second kappa shape index (κ2) is 7.46. The fourth-order valence-electron chi connectivity index (χ4n) is 3.64. The number of rotatable bonds is 2. The molecule has 0 heterocycles. The van der Waals surface area contributed by atoms with E-state index in [0.29, 0.717) is 11.1 Å². The Morgan fingerprint density at radius 2 is 1.68 bits per heavy atom. The molecule has 28 heavy (non-hydrogen) atoms. The summed E-state index contributed by atoms with van der Waals surface area (Å²) >= 11 is 0. The number of urea groups is 1. The highest BCUT2D eigenvalue weighted by Crippen LogP contribution is 2.46. The number of hydrogen-bond acceptors (Lipinski definition) is 4. The average molecular weight is 380 g/mol. The molecule has 6 heteroatoms. The molecule has 0 spiro atoms. The van der Waals surface area contributed by atoms with E-state index in [9.17, 15) is 14.4 Å². The first-order chi connectivity index (χ1) is 13.3. The lowest BCUT2D eigenvalue weighted by atomic mass is 9.86. The van der Waals surface area contributed by atoms with Crippen molar-refractivity contribution in [1.29, 1.82) is 0 Å². The van der Waals surface area contributed by atoms with Crippen molar-refractivity contribution in [3.8, 4) is 0 Å². The molecule has 2 atom stereocenters. The molecule has 2 aromatic rings. The number of nitrogens with zero attached hydrogens (tertiary/aromatic N) is 1. The van der Waals surface area contributed by atoms with Gasteiger partial charge in [-0.05, 0) is 43.0 Å². The Kier molecular flexibility index (Phi) is 5.23. The first-order valence-corrected chi connectivity index (χ1v) is 9.13. The van der Waals surface area contributed by atoms with E-state index in [4.69, 9.17) is 4.74 Å². The molecule has 0 fully saturated rings. The molecule has 0 aromatic heterocycles. The quantitative estimate of drug-likeness (QED) is 0.853. The SMILES string of the molecule is CNC(=O)N(C)C(=O)OC1c2ccccc2C(=O)C1c1ccc(C)c(C)c1C. The minimum Gasteiger partial charge on any atom is -0.440 e. The number of hydrogen-bond donors (Lipinski definition) is 1. The van der Waals surface area contributed by atoms with Gasteiger partial charge in [0.1, 0.15) is 6.10 Å². The van der Waals surface area contributed by atoms with Crippen LogP contribution in [0.4, 0.5) is 9.59 Å². The van der Waals surface area contributed by atoms with Crippen LogP contribution in [-0.2, 0) is 4.74 Å². The van der Waals surface area contributed by atoms with Gasteiger partial charge in [0.15, 0.2) is 5.78 Å². The Morgan fingerprint density at radius 1 is 1.00 bits per heavy atom. The van der Waals surface area contributed by atoms with Crippen molar-refractivity contribution in [2.45, 2.75) is 32.8 Å². The summed E-state index contributed by atoms with van der Waals surface area (Å²) in [4.78, 5) is 38.4. The number of imide groups is 1. The molecular weight excluding hydrogens is 356 g/mol. The molecule has 2 unspecified atom stereocenters. The van der Waals surface area contributed by atoms with Crippen molar-refractivity contribution < 1.29 is 19.1 Å². The smallest absolute Gasteiger partial charge is 0.418 e. The number of nitrogens with one attached hydrogen (secondary N) is 1. The summed E-state index contributed by atoms with van der Waals surface area (Å²) in [6.07, 6.45) is -1.59. The van der Waals surface area contributed by atoms with Crippen LogP contribution >= 0.6 is 0 Å². The normalized spacial score (nSPS) is 17.8. The number of Topliss-reactive ketones (excluding diaryl/α,β-unsaturated/α-hetero) is 1. The monoisotopic (exact) mass is 380 g/mol. The van der Waals surface area contributed by atoms with Crippen LogP contribution in [0.2, 0.25) is 0 Å². The maximum Gasteiger partial charge on any atom is 0.418 e. The van der Waals surface area contributed by atoms with E-state index in [2.05, 4.69) is 5.32 Å². The number of ketones is 1. The minimum absolute atomic E-state index is 0.0812. The molecule has 0 saturated heterocycles. The highest BCUT2D eigenvalue weighted by atomic mass is 16.6. The van der Waals surface area contributed by atoms with Crippen molar-refractivity contribution in [2.24, 2.45) is 0 Å². The zero-order valence-corrected chi connectivity index (χ0v) is 16.7. The molecule has 1 aliphatic rings. The van der Waals surface area contributed by atoms with Gasteiger partial charge in [0.25, 0.3) is 0 Å². The van der Waals surface area contributed by atoms with Gasteiger partial charge in [0, 0.05) is 25.2 Å². The van der Waals surface area contributed by atoms with Gasteiger partial charge in [-0.2, -0.15) is 0 Å². The van der Waals surface area contributed by atoms with Crippen molar-refractivity contribution in [2.75, 3.05) is 14.1 Å². The Balaban J connectivity index is 2.06. The van der Waals surface area contributed by atoms with Gasteiger partial charge < -0.3 is 10.1 Å². The molecule has 3 rings (SSSR count). The summed E-state index contributed by atoms with van der Waals surface area (Å²) in [6.45, 7) is 6.01. The van der Waals surface area contributed by atoms with Gasteiger partial charge >= 0.3 is 12.1 Å². The first-order valence-electron chi connectivity index (χ1n) is 9.13. The molecule has 0 radical (unpaired) electrons. The third-order valence-corrected chi connectivity index (χ3v) is 5.57. The fraction of sp³-hybridized carbons (Fsp3) is 0.318. The molecule has 0 aliphatic heterocycles. The lowest BCUT2D eigenvalue weighted by Gasteiger charge is -2.25. The zero-order valence-electron chi connectivity index (χ0n) is 16.7. The second-order valence-electron chi connectivity index (χ2n) is 7.07. The van der Waals surface area contributed by atoms with E-state index in [1.165, 1.54) is 14.1 Å². The van der Waals surface area contributed by atoms with Crippen LogP contribution < -0.4 is 5.32 Å². The van der Waals surface area contributed by atoms with Crippen LogP contribution in [0.1, 0.15) is 50.2 Å². The number of carbonyl (C=O) groups excluding carboxylic acids is 3. The summed E-state index contributed by atoms with van der Waals surface area (Å²) < 4.78 is 5.69. The van der Waals surface area contributed by atoms with Crippen molar-refractivity contribution in [1.82, 2.24) is 10.2 Å². The van der Waals surface area contributed by atoms with E-state index in [1.54, 1.807) is 18.2 Å². The van der Waals surface area contributed by atoms with E-state index < -0.39 is 24.1 Å². The summed E-state index contributed by atoms with van der Waals surface area (Å²) in [6, 6.07) is 10.5. The topological polar surface area (TPSA) is 75.7 Å². The van der Waals surface area contributed by atoms with E-state index in [1.807, 2.05) is 39.0 Å². The molecule has 0 saturated carbocycles. The first kappa shape index (κ1) is 19.6. The molecule has 6 nitrogen and oxygen atoms in total. The number of carbonyl (C=O) groups is 3. The Morgan fingerprint density at radius 3 is 2.36 bits per heavy atom. The number of amides is 3. The van der Waals surface area contributed by atoms with Gasteiger partial charge in [-0.25, -0.2) is 14.5 Å². The summed E-state index contributed by atoms with van der Waals surface area (Å²) in [5.41, 5.74) is 5.29. The predicted octanol–water partition coefficient (Wildman–Crippen LogP) is 4.04. The van der Waals surface area contributed by atoms with Gasteiger partial charge in [0.05, 0.1) is 5.92 Å². The van der Waals surface area contributed by atoms with Gasteiger partial charge in [-0.3, -0.25) is 4.79 Å². The third kappa shape index (κ3) is 3.15. The Labute approximate surface area is 164 Å². The minimum atomic E-state index is -0.805. The van der Waals surface area contributed by atoms with Gasteiger partial charge in [-0.1, -0.05) is 36.4 Å². The number of ether oxygens (including phenoxy) is 1. The summed E-state index contributed by atoms with van der Waals surface area (Å²) in [5, 5.41) is 2.38. The summed E-state index contributed by atoms with van der Waals surface area (Å²) in [5.74, 6) is -0.721. The second-order valence-corrected chi connectivity index (χ2v) is 7.07. The zero-order chi connectivity index (χ0) is 20.6. The maximum absolute atomic E-state index is 13.2. The molecule has 0 bridgehead atoms. The molecule has 146 valence electrons. The highest BCUT2D eigenvalue weighted by Gasteiger charge is 2.44. The van der Waals surface area contributed by atoms with Crippen LogP contribution in [0.25, 0.3) is 0 Å². The standard InChI is InChI=1S/C22H24N2O4/c1-12-10-11-15(14(3)13(12)2)18-19(25)16-8-6-7-9-17(16)20(18)28-22(27)24(5)21(26)23-4/h6-11,18,20H,1-5H3,(H,23,26). The largest absolute Gasteiger partial charge is 0.440 e. The lowest BCUT2D eigenvalue weighted by Crippen LogP contribution is -2.40. The van der Waals surface area contributed by atoms with E-state index in [-0.39, 0.29) is 5.78 Å². The molecule has 1 N–H and O–H groups in total. The van der Waals surface area contributed by atoms with E-state index >= 15 is 0 Å². The van der Waals surface area contributed by atoms with Crippen LogP contribution in [0.5, 0.6) is 0 Å². The molecule has 3 amide bonds. The van der Waals surface area contributed by atoms with Crippen molar-refractivity contribution >= 4 is 17.9 Å². The Hall–Kier alpha value is -3.15. The van der Waals surface area contributed by atoms with Crippen LogP contribution in [-0.4, -0.2) is 36.9 Å². The predicted molar refractivity (Wildman–Crippen MR) is 106 cm³/mol. The van der Waals surface area contributed by atoms with Crippen molar-refractivity contribution in [3.63, 3.8) is 0 Å². The van der Waals surface area contributed by atoms with Crippen LogP contribution in [0, 0.1) is 20.8 Å². The maximum atomic E-state index is 13.2. The lowest BCUT2D eigenvalue weighted by molar-refractivity contribution is 0.0614. The fourth-order valence-corrected chi connectivity index (χ4v) is 3.64.